The summed E-state index contributed by atoms with van der Waals surface area (Å²) in [6.07, 6.45) is 4.72. The average molecular weight is 419 g/mol. The monoisotopic (exact) mass is 418 g/mol. The van der Waals surface area contributed by atoms with Crippen LogP contribution in [0.4, 0.5) is 17.3 Å². The Morgan fingerprint density at radius 3 is 2.58 bits per heavy atom. The first kappa shape index (κ1) is 19.7. The molecule has 1 saturated heterocycles. The third-order valence-corrected chi connectivity index (χ3v) is 6.11. The highest BCUT2D eigenvalue weighted by molar-refractivity contribution is 5.85. The number of benzene rings is 1. The van der Waals surface area contributed by atoms with Gasteiger partial charge >= 0.3 is 0 Å². The van der Waals surface area contributed by atoms with Crippen LogP contribution in [0, 0.1) is 0 Å². The van der Waals surface area contributed by atoms with E-state index in [0.29, 0.717) is 24.4 Å². The Bertz CT molecular complexity index is 1150. The molecule has 0 radical (unpaired) electrons. The largest absolute Gasteiger partial charge is 0.369 e. The lowest BCUT2D eigenvalue weighted by Gasteiger charge is -2.29. The van der Waals surface area contributed by atoms with E-state index in [4.69, 9.17) is 0 Å². The van der Waals surface area contributed by atoms with Crippen molar-refractivity contribution in [2.24, 2.45) is 0 Å². The second kappa shape index (κ2) is 8.47. The summed E-state index contributed by atoms with van der Waals surface area (Å²) in [5, 5.41) is 7.34. The molecule has 1 atom stereocenters. The molecule has 8 heteroatoms. The van der Waals surface area contributed by atoms with Gasteiger partial charge in [-0.05, 0) is 43.2 Å². The minimum Gasteiger partial charge on any atom is -0.369 e. The van der Waals surface area contributed by atoms with E-state index in [1.165, 1.54) is 11.8 Å². The second-order valence-electron chi connectivity index (χ2n) is 8.15. The molecule has 8 nitrogen and oxygen atoms in total. The number of carbonyl (C=O) groups is 1. The average Bonchev–Trinajstić information content (AvgIpc) is 2.81. The predicted molar refractivity (Wildman–Crippen MR) is 121 cm³/mol. The number of fused-ring (bicyclic) bond motifs is 1. The zero-order chi connectivity index (χ0) is 21.2. The lowest BCUT2D eigenvalue weighted by Crippen LogP contribution is -2.43. The van der Waals surface area contributed by atoms with Gasteiger partial charge in [0.25, 0.3) is 5.56 Å². The molecule has 1 aliphatic carbocycles. The first-order valence-electron chi connectivity index (χ1n) is 10.9. The molecule has 0 bridgehead atoms. The summed E-state index contributed by atoms with van der Waals surface area (Å²) < 4.78 is 1.55. The summed E-state index contributed by atoms with van der Waals surface area (Å²) >= 11 is 0. The van der Waals surface area contributed by atoms with Gasteiger partial charge in [-0.15, -0.1) is 0 Å². The molecule has 1 aliphatic heterocycles. The number of hydrogen-bond acceptors (Lipinski definition) is 7. The molecule has 5 rings (SSSR count). The van der Waals surface area contributed by atoms with Gasteiger partial charge in [0.2, 0.25) is 5.95 Å². The number of anilines is 3. The molecule has 2 fully saturated rings. The van der Waals surface area contributed by atoms with Crippen LogP contribution >= 0.6 is 0 Å². The lowest BCUT2D eigenvalue weighted by atomic mass is 9.93. The number of carbonyl (C=O) groups excluding carboxylic acids is 1. The molecule has 0 amide bonds. The topological polar surface area (TPSA) is 92.2 Å². The van der Waals surface area contributed by atoms with Gasteiger partial charge in [0, 0.05) is 61.6 Å². The maximum absolute atomic E-state index is 12.7. The number of piperazine rings is 1. The van der Waals surface area contributed by atoms with Crippen LogP contribution in [0.15, 0.2) is 47.4 Å². The van der Waals surface area contributed by atoms with Crippen molar-refractivity contribution in [1.82, 2.24) is 19.9 Å². The number of hydrogen-bond donors (Lipinski definition) is 2. The number of nitrogens with zero attached hydrogens (tertiary/aromatic N) is 4. The molecule has 0 spiro atoms. The van der Waals surface area contributed by atoms with Crippen LogP contribution < -0.4 is 21.1 Å². The molecule has 3 heterocycles. The Kier molecular flexibility index (Phi) is 5.38. The second-order valence-corrected chi connectivity index (χ2v) is 8.15. The molecule has 1 aromatic carbocycles. The molecule has 3 aromatic rings. The highest BCUT2D eigenvalue weighted by atomic mass is 16.1. The highest BCUT2D eigenvalue weighted by Gasteiger charge is 2.26. The number of Topliss-reactive ketones (excluding diaryl/α,β-unsaturated/α-hetero) is 1. The van der Waals surface area contributed by atoms with E-state index >= 15 is 0 Å². The van der Waals surface area contributed by atoms with Gasteiger partial charge in [0.05, 0.1) is 6.04 Å². The maximum Gasteiger partial charge on any atom is 0.252 e. The van der Waals surface area contributed by atoms with E-state index in [2.05, 4.69) is 37.6 Å². The fraction of sp³-hybridized carbons (Fsp3) is 0.391. The van der Waals surface area contributed by atoms with Gasteiger partial charge in [-0.3, -0.25) is 14.2 Å². The molecule has 1 saturated carbocycles. The van der Waals surface area contributed by atoms with Crippen LogP contribution in [0.1, 0.15) is 31.7 Å². The van der Waals surface area contributed by atoms with E-state index in [1.807, 2.05) is 12.1 Å². The fourth-order valence-corrected chi connectivity index (χ4v) is 4.45. The van der Waals surface area contributed by atoms with Crippen molar-refractivity contribution in [3.05, 3.63) is 52.9 Å². The Morgan fingerprint density at radius 2 is 1.81 bits per heavy atom. The maximum atomic E-state index is 12.7. The third kappa shape index (κ3) is 4.03. The summed E-state index contributed by atoms with van der Waals surface area (Å²) in [5.74, 6) is 0.516. The molecular formula is C23H26N6O2. The first-order chi connectivity index (χ1) is 15.2. The molecule has 2 N–H and O–H groups in total. The minimum absolute atomic E-state index is 0.109. The van der Waals surface area contributed by atoms with Gasteiger partial charge in [-0.2, -0.15) is 4.98 Å². The number of pyridine rings is 1. The Morgan fingerprint density at radius 1 is 1.00 bits per heavy atom. The number of rotatable bonds is 4. The van der Waals surface area contributed by atoms with Gasteiger partial charge in [-0.1, -0.05) is 6.42 Å². The molecule has 160 valence electrons. The number of nitrogens with one attached hydrogen (secondary N) is 2. The summed E-state index contributed by atoms with van der Waals surface area (Å²) in [6, 6.07) is 11.0. The zero-order valence-corrected chi connectivity index (χ0v) is 17.4. The number of ketones is 1. The smallest absolute Gasteiger partial charge is 0.252 e. The molecule has 2 aliphatic rings. The number of aromatic nitrogens is 3. The fourth-order valence-electron chi connectivity index (χ4n) is 4.45. The van der Waals surface area contributed by atoms with Gasteiger partial charge < -0.3 is 15.5 Å². The van der Waals surface area contributed by atoms with Crippen molar-refractivity contribution in [1.29, 1.82) is 0 Å². The van der Waals surface area contributed by atoms with Gasteiger partial charge in [0.15, 0.2) is 5.78 Å². The van der Waals surface area contributed by atoms with Crippen LogP contribution in [-0.2, 0) is 4.79 Å². The van der Waals surface area contributed by atoms with Crippen molar-refractivity contribution in [3.8, 4) is 0 Å². The van der Waals surface area contributed by atoms with Gasteiger partial charge in [-0.25, -0.2) is 4.98 Å². The van der Waals surface area contributed by atoms with Crippen molar-refractivity contribution < 1.29 is 4.79 Å². The van der Waals surface area contributed by atoms with Crippen LogP contribution in [0.25, 0.3) is 11.0 Å². The van der Waals surface area contributed by atoms with E-state index in [0.717, 1.165) is 50.1 Å². The summed E-state index contributed by atoms with van der Waals surface area (Å²) in [7, 11) is 0. The first-order valence-corrected chi connectivity index (χ1v) is 10.9. The van der Waals surface area contributed by atoms with Crippen LogP contribution in [0.5, 0.6) is 0 Å². The lowest BCUT2D eigenvalue weighted by molar-refractivity contribution is -0.123. The standard InChI is InChI=1S/C23H26N6O2/c30-20-4-2-1-3-19(20)29-21(31)10-5-16-15-25-23(27-22(16)29)26-17-6-8-18(9-7-17)28-13-11-24-12-14-28/h5-10,15,19,24H,1-4,11-14H2,(H,25,26,27). The Balaban J connectivity index is 1.43. The molecular weight excluding hydrogens is 392 g/mol. The van der Waals surface area contributed by atoms with Crippen molar-refractivity contribution in [3.63, 3.8) is 0 Å². The Hall–Kier alpha value is -3.26. The summed E-state index contributed by atoms with van der Waals surface area (Å²) in [6.45, 7) is 3.99. The SMILES string of the molecule is O=C1CCCCC1n1c(=O)ccc2cnc(Nc3ccc(N4CCNCC4)cc3)nc21. The van der Waals surface area contributed by atoms with Crippen molar-refractivity contribution in [2.45, 2.75) is 31.7 Å². The van der Waals surface area contributed by atoms with Crippen LogP contribution in [0.2, 0.25) is 0 Å². The summed E-state index contributed by atoms with van der Waals surface area (Å²) in [5.41, 5.74) is 2.37. The molecule has 2 aromatic heterocycles. The highest BCUT2D eigenvalue weighted by Crippen LogP contribution is 2.27. The third-order valence-electron chi connectivity index (χ3n) is 6.11. The van der Waals surface area contributed by atoms with E-state index in [-0.39, 0.29) is 11.3 Å². The van der Waals surface area contributed by atoms with E-state index in [1.54, 1.807) is 16.8 Å². The minimum atomic E-state index is -0.439. The Labute approximate surface area is 180 Å². The predicted octanol–water partition coefficient (Wildman–Crippen LogP) is 2.63. The zero-order valence-electron chi connectivity index (χ0n) is 17.4. The quantitative estimate of drug-likeness (QED) is 0.673. The van der Waals surface area contributed by atoms with Crippen molar-refractivity contribution >= 4 is 34.1 Å². The van der Waals surface area contributed by atoms with Crippen LogP contribution in [0.3, 0.4) is 0 Å². The normalized spacial score (nSPS) is 19.5. The van der Waals surface area contributed by atoms with Crippen molar-refractivity contribution in [2.75, 3.05) is 36.4 Å². The van der Waals surface area contributed by atoms with E-state index in [9.17, 15) is 9.59 Å². The van der Waals surface area contributed by atoms with Crippen LogP contribution in [-0.4, -0.2) is 46.5 Å². The molecule has 31 heavy (non-hydrogen) atoms. The van der Waals surface area contributed by atoms with Gasteiger partial charge in [0.1, 0.15) is 5.65 Å². The summed E-state index contributed by atoms with van der Waals surface area (Å²) in [4.78, 5) is 36.5. The molecule has 1 unspecified atom stereocenters. The van der Waals surface area contributed by atoms with E-state index < -0.39 is 6.04 Å².